The average Bonchev–Trinajstić information content (AvgIpc) is 3.40. The first-order chi connectivity index (χ1) is 19.0. The third-order valence-electron chi connectivity index (χ3n) is 7.14. The van der Waals surface area contributed by atoms with Gasteiger partial charge in [0.25, 0.3) is 5.91 Å². The molecule has 3 aromatic carbocycles. The fraction of sp³-hybridized carbons (Fsp3) is 0.200. The van der Waals surface area contributed by atoms with E-state index >= 15 is 4.39 Å². The van der Waals surface area contributed by atoms with Crippen molar-refractivity contribution in [1.29, 1.82) is 0 Å². The van der Waals surface area contributed by atoms with Gasteiger partial charge >= 0.3 is 0 Å². The molecule has 1 amide bonds. The summed E-state index contributed by atoms with van der Waals surface area (Å²) < 4.78 is 17.0. The Morgan fingerprint density at radius 3 is 2.69 bits per heavy atom. The van der Waals surface area contributed by atoms with Crippen LogP contribution in [0.5, 0.6) is 5.75 Å². The van der Waals surface area contributed by atoms with Crippen LogP contribution in [0.1, 0.15) is 23.2 Å². The number of nitrogens with one attached hydrogen (secondary N) is 1. The number of fused-ring (bicyclic) bond motifs is 1. The Morgan fingerprint density at radius 2 is 1.95 bits per heavy atom. The van der Waals surface area contributed by atoms with Gasteiger partial charge in [-0.3, -0.25) is 14.4 Å². The van der Waals surface area contributed by atoms with E-state index in [0.717, 1.165) is 35.7 Å². The van der Waals surface area contributed by atoms with E-state index in [1.165, 1.54) is 12.1 Å². The number of phenolic OH excluding ortho intramolecular Hbond substituents is 1. The number of piperidine rings is 1. The number of pyridine rings is 1. The zero-order valence-electron chi connectivity index (χ0n) is 21.4. The number of anilines is 1. The van der Waals surface area contributed by atoms with Crippen molar-refractivity contribution in [2.75, 3.05) is 18.0 Å². The molecule has 0 radical (unpaired) electrons. The normalized spacial score (nSPS) is 15.4. The molecule has 1 aliphatic rings. The number of hydrogen-bond acceptors (Lipinski definition) is 6. The summed E-state index contributed by atoms with van der Waals surface area (Å²) in [6.45, 7) is 1.45. The lowest BCUT2D eigenvalue weighted by Crippen LogP contribution is -2.49. The number of carbonyl (C=O) groups excluding carboxylic acids is 1. The van der Waals surface area contributed by atoms with Gasteiger partial charge < -0.3 is 10.4 Å². The maximum absolute atomic E-state index is 15.5. The largest absolute Gasteiger partial charge is 0.507 e. The minimum Gasteiger partial charge on any atom is -0.507 e. The van der Waals surface area contributed by atoms with Crippen molar-refractivity contribution in [3.63, 3.8) is 0 Å². The van der Waals surface area contributed by atoms with Gasteiger partial charge in [-0.25, -0.2) is 9.37 Å². The molecule has 0 saturated carbocycles. The maximum atomic E-state index is 15.5. The predicted octanol–water partition coefficient (Wildman–Crippen LogP) is 4.94. The number of benzene rings is 3. The number of amides is 1. The Labute approximate surface area is 224 Å². The van der Waals surface area contributed by atoms with Crippen molar-refractivity contribution in [3.05, 3.63) is 90.5 Å². The smallest absolute Gasteiger partial charge is 0.262 e. The lowest BCUT2D eigenvalue weighted by atomic mass is 9.99. The van der Waals surface area contributed by atoms with Crippen LogP contribution in [-0.2, 0) is 7.05 Å². The van der Waals surface area contributed by atoms with Crippen LogP contribution in [0, 0.1) is 5.82 Å². The minimum absolute atomic E-state index is 0.0298. The summed E-state index contributed by atoms with van der Waals surface area (Å²) in [5, 5.41) is 23.3. The Bertz CT molecular complexity index is 1680. The molecule has 1 fully saturated rings. The van der Waals surface area contributed by atoms with E-state index in [4.69, 9.17) is 0 Å². The number of phenols is 1. The summed E-state index contributed by atoms with van der Waals surface area (Å²) >= 11 is 0. The zero-order valence-corrected chi connectivity index (χ0v) is 21.4. The summed E-state index contributed by atoms with van der Waals surface area (Å²) in [5.74, 6) is -0.403. The van der Waals surface area contributed by atoms with Crippen LogP contribution in [0.2, 0.25) is 0 Å². The van der Waals surface area contributed by atoms with Gasteiger partial charge in [-0.15, -0.1) is 5.10 Å². The van der Waals surface area contributed by atoms with Crippen LogP contribution >= 0.6 is 0 Å². The number of aryl methyl sites for hydroxylation is 1. The molecule has 0 aliphatic carbocycles. The highest BCUT2D eigenvalue weighted by molar-refractivity contribution is 6.10. The van der Waals surface area contributed by atoms with Crippen molar-refractivity contribution < 1.29 is 14.3 Å². The third-order valence-corrected chi connectivity index (χ3v) is 7.14. The first kappa shape index (κ1) is 24.7. The quantitative estimate of drug-likeness (QED) is 0.340. The highest BCUT2D eigenvalue weighted by atomic mass is 19.1. The summed E-state index contributed by atoms with van der Waals surface area (Å²) in [7, 11) is 1.74. The molecule has 2 aromatic heterocycles. The zero-order chi connectivity index (χ0) is 26.9. The first-order valence-electron chi connectivity index (χ1n) is 12.9. The molecule has 0 bridgehead atoms. The van der Waals surface area contributed by atoms with E-state index in [9.17, 15) is 9.90 Å². The molecule has 196 valence electrons. The lowest BCUT2D eigenvalue weighted by Gasteiger charge is -2.34. The molecular weight excluding hydrogens is 495 g/mol. The van der Waals surface area contributed by atoms with Crippen molar-refractivity contribution in [3.8, 4) is 28.1 Å². The van der Waals surface area contributed by atoms with Gasteiger partial charge in [0.15, 0.2) is 0 Å². The molecule has 1 aliphatic heterocycles. The molecule has 9 heteroatoms. The second-order valence-electron chi connectivity index (χ2n) is 9.74. The lowest BCUT2D eigenvalue weighted by molar-refractivity contribution is 0.0968. The maximum Gasteiger partial charge on any atom is 0.262 e. The molecule has 6 rings (SSSR count). The van der Waals surface area contributed by atoms with Crippen LogP contribution in [0.15, 0.2) is 79.1 Å². The van der Waals surface area contributed by atoms with E-state index in [1.807, 2.05) is 36.4 Å². The van der Waals surface area contributed by atoms with E-state index < -0.39 is 11.7 Å². The van der Waals surface area contributed by atoms with Gasteiger partial charge in [0.2, 0.25) is 0 Å². The molecule has 2 N–H and O–H groups in total. The summed E-state index contributed by atoms with van der Waals surface area (Å²) in [6.07, 6.45) is 5.02. The number of hydrogen-bond donors (Lipinski definition) is 2. The number of para-hydroxylation sites is 1. The Hall–Kier alpha value is -4.63. The van der Waals surface area contributed by atoms with Gasteiger partial charge in [0.1, 0.15) is 23.1 Å². The predicted molar refractivity (Wildman–Crippen MR) is 148 cm³/mol. The van der Waals surface area contributed by atoms with E-state index in [1.54, 1.807) is 47.2 Å². The highest BCUT2D eigenvalue weighted by Gasteiger charge is 2.31. The molecular formula is C30H27FN6O2. The molecule has 0 spiro atoms. The standard InChI is InChI=1S/C30H27FN6O2/c1-36-18-27(34-35-36)21-9-11-25(26(31)16-21)30(39)37(22-5-4-13-32-17-22)29-24-10-8-19(15-20(24)12-14-33-29)23-6-2-3-7-28(23)38/h2-3,6-12,14-16,18,22,32,38H,4-5,13,17H2,1H3/t22-/m1/s1. The fourth-order valence-corrected chi connectivity index (χ4v) is 5.19. The summed E-state index contributed by atoms with van der Waals surface area (Å²) in [5.41, 5.74) is 2.61. The first-order valence-corrected chi connectivity index (χ1v) is 12.9. The molecule has 39 heavy (non-hydrogen) atoms. The molecule has 1 saturated heterocycles. The Balaban J connectivity index is 1.43. The van der Waals surface area contributed by atoms with Crippen LogP contribution in [0.25, 0.3) is 33.2 Å². The number of aromatic nitrogens is 4. The second-order valence-corrected chi connectivity index (χ2v) is 9.74. The third kappa shape index (κ3) is 4.72. The molecule has 8 nitrogen and oxygen atoms in total. The number of rotatable bonds is 5. The van der Waals surface area contributed by atoms with Crippen molar-refractivity contribution >= 4 is 22.5 Å². The van der Waals surface area contributed by atoms with E-state index in [2.05, 4.69) is 20.6 Å². The van der Waals surface area contributed by atoms with E-state index in [0.29, 0.717) is 29.2 Å². The van der Waals surface area contributed by atoms with Gasteiger partial charge in [0, 0.05) is 36.3 Å². The Morgan fingerprint density at radius 1 is 1.10 bits per heavy atom. The van der Waals surface area contributed by atoms with Crippen LogP contribution in [0.4, 0.5) is 10.2 Å². The van der Waals surface area contributed by atoms with Gasteiger partial charge in [0.05, 0.1) is 17.8 Å². The number of nitrogens with zero attached hydrogens (tertiary/aromatic N) is 5. The fourth-order valence-electron chi connectivity index (χ4n) is 5.19. The van der Waals surface area contributed by atoms with E-state index in [-0.39, 0.29) is 17.4 Å². The van der Waals surface area contributed by atoms with Crippen LogP contribution < -0.4 is 10.2 Å². The summed E-state index contributed by atoms with van der Waals surface area (Å²) in [4.78, 5) is 20.3. The molecule has 3 heterocycles. The van der Waals surface area contributed by atoms with Crippen LogP contribution in [-0.4, -0.2) is 50.1 Å². The van der Waals surface area contributed by atoms with Gasteiger partial charge in [-0.2, -0.15) is 0 Å². The van der Waals surface area contributed by atoms with Crippen molar-refractivity contribution in [1.82, 2.24) is 25.3 Å². The SMILES string of the molecule is Cn1cc(-c2ccc(C(=O)N(c3nccc4cc(-c5ccccc5O)ccc34)[C@@H]3CCCNC3)c(F)c2)nn1. The van der Waals surface area contributed by atoms with Gasteiger partial charge in [-0.05, 0) is 60.7 Å². The average molecular weight is 523 g/mol. The minimum atomic E-state index is -0.626. The highest BCUT2D eigenvalue weighted by Crippen LogP contribution is 2.35. The molecule has 0 unspecified atom stereocenters. The summed E-state index contributed by atoms with van der Waals surface area (Å²) in [6, 6.07) is 19.1. The van der Waals surface area contributed by atoms with Gasteiger partial charge in [-0.1, -0.05) is 41.6 Å². The Kier molecular flexibility index (Phi) is 6.50. The topological polar surface area (TPSA) is 96.2 Å². The number of aromatic hydroxyl groups is 1. The van der Waals surface area contributed by atoms with Crippen LogP contribution in [0.3, 0.4) is 0 Å². The number of halogens is 1. The number of carbonyl (C=O) groups is 1. The monoisotopic (exact) mass is 522 g/mol. The molecule has 5 aromatic rings. The van der Waals surface area contributed by atoms with Crippen molar-refractivity contribution in [2.45, 2.75) is 18.9 Å². The van der Waals surface area contributed by atoms with Crippen molar-refractivity contribution in [2.24, 2.45) is 7.05 Å². The second kappa shape index (κ2) is 10.3. The molecule has 1 atom stereocenters.